The Kier molecular flexibility index (Phi) is 7.22. The summed E-state index contributed by atoms with van der Waals surface area (Å²) in [4.78, 5) is 34.4. The second kappa shape index (κ2) is 7.91. The fourth-order valence-electron chi connectivity index (χ4n) is 1.89. The Labute approximate surface area is 135 Å². The summed E-state index contributed by atoms with van der Waals surface area (Å²) in [5.74, 6) is -2.57. The van der Waals surface area contributed by atoms with E-state index < -0.39 is 30.2 Å². The van der Waals surface area contributed by atoms with Crippen LogP contribution < -0.4 is 11.1 Å². The summed E-state index contributed by atoms with van der Waals surface area (Å²) in [6.07, 6.45) is -0.528. The first-order valence-electron chi connectivity index (χ1n) is 6.55. The number of carbonyl (C=O) groups is 3. The van der Waals surface area contributed by atoms with E-state index in [1.807, 2.05) is 32.9 Å². The van der Waals surface area contributed by atoms with E-state index in [0.717, 1.165) is 5.56 Å². The number of hydrogen-bond acceptors (Lipinski definition) is 4. The molecule has 0 aliphatic rings. The fraction of sp³-hybridized carbons (Fsp3) is 0.400. The molecule has 0 radical (unpaired) electrons. The molecule has 0 aliphatic heterocycles. The third-order valence-corrected chi connectivity index (χ3v) is 2.95. The average molecular weight is 329 g/mol. The number of carbonyl (C=O) groups excluding carboxylic acids is 2. The van der Waals surface area contributed by atoms with Gasteiger partial charge in [-0.1, -0.05) is 39.0 Å². The minimum absolute atomic E-state index is 0. The molecule has 0 saturated carbocycles. The van der Waals surface area contributed by atoms with E-state index in [2.05, 4.69) is 5.32 Å². The molecule has 1 atom stereocenters. The van der Waals surface area contributed by atoms with Crippen LogP contribution in [0.25, 0.3) is 0 Å². The van der Waals surface area contributed by atoms with Crippen molar-refractivity contribution >= 4 is 30.2 Å². The van der Waals surface area contributed by atoms with Crippen LogP contribution in [0.3, 0.4) is 0 Å². The fourth-order valence-corrected chi connectivity index (χ4v) is 1.89. The summed E-state index contributed by atoms with van der Waals surface area (Å²) in [5, 5.41) is 10.7. The Morgan fingerprint density at radius 3 is 2.27 bits per heavy atom. The highest BCUT2D eigenvalue weighted by Crippen LogP contribution is 2.25. The number of carboxylic acids is 1. The van der Waals surface area contributed by atoms with Gasteiger partial charge in [-0.15, -0.1) is 12.4 Å². The predicted octanol–water partition coefficient (Wildman–Crippen LogP) is 1.46. The van der Waals surface area contributed by atoms with E-state index in [4.69, 9.17) is 10.8 Å². The Bertz CT molecular complexity index is 567. The quantitative estimate of drug-likeness (QED) is 0.775. The number of carboxylic acid groups (broad SMARTS) is 1. The topological polar surface area (TPSA) is 109 Å². The third kappa shape index (κ3) is 5.46. The van der Waals surface area contributed by atoms with Crippen LogP contribution in [0.1, 0.15) is 43.1 Å². The van der Waals surface area contributed by atoms with Crippen LogP contribution in [0, 0.1) is 0 Å². The lowest BCUT2D eigenvalue weighted by atomic mass is 9.83. The zero-order valence-corrected chi connectivity index (χ0v) is 13.6. The molecular weight excluding hydrogens is 308 g/mol. The van der Waals surface area contributed by atoms with Gasteiger partial charge in [0.2, 0.25) is 5.91 Å². The molecular formula is C15H21ClN2O4. The van der Waals surface area contributed by atoms with Crippen LogP contribution in [0.5, 0.6) is 0 Å². The summed E-state index contributed by atoms with van der Waals surface area (Å²) in [6.45, 7) is 5.87. The van der Waals surface area contributed by atoms with Gasteiger partial charge in [0.05, 0.1) is 12.5 Å². The molecule has 22 heavy (non-hydrogen) atoms. The number of rotatable bonds is 4. The van der Waals surface area contributed by atoms with Crippen molar-refractivity contribution in [3.63, 3.8) is 0 Å². The van der Waals surface area contributed by atoms with Crippen molar-refractivity contribution in [3.8, 4) is 0 Å². The second-order valence-corrected chi connectivity index (χ2v) is 5.82. The van der Waals surface area contributed by atoms with Gasteiger partial charge < -0.3 is 10.8 Å². The van der Waals surface area contributed by atoms with E-state index in [1.54, 1.807) is 12.1 Å². The molecule has 0 aliphatic carbocycles. The standard InChI is InChI=1S/C15H20N2O4.ClH/c1-15(2,3)10-7-5-4-6-9(10)13(20)17-14(21)11(16)8-12(18)19;/h4-7,11H,8,16H2,1-3H3,(H,18,19)(H,17,20,21);1H/t11-;/m0./s1. The number of imide groups is 1. The zero-order chi connectivity index (χ0) is 16.2. The predicted molar refractivity (Wildman–Crippen MR) is 85.1 cm³/mol. The lowest BCUT2D eigenvalue weighted by Gasteiger charge is -2.22. The molecule has 1 rings (SSSR count). The lowest BCUT2D eigenvalue weighted by molar-refractivity contribution is -0.139. The van der Waals surface area contributed by atoms with Gasteiger partial charge in [-0.05, 0) is 17.0 Å². The summed E-state index contributed by atoms with van der Waals surface area (Å²) in [5.41, 5.74) is 6.33. The van der Waals surface area contributed by atoms with Crippen LogP contribution in [-0.4, -0.2) is 28.9 Å². The van der Waals surface area contributed by atoms with Crippen LogP contribution >= 0.6 is 12.4 Å². The third-order valence-electron chi connectivity index (χ3n) is 2.95. The van der Waals surface area contributed by atoms with Crippen LogP contribution in [-0.2, 0) is 15.0 Å². The van der Waals surface area contributed by atoms with E-state index in [9.17, 15) is 14.4 Å². The Hall–Kier alpha value is -1.92. The van der Waals surface area contributed by atoms with Gasteiger partial charge in [-0.3, -0.25) is 19.7 Å². The first kappa shape index (κ1) is 20.1. The number of aliphatic carboxylic acids is 1. The summed E-state index contributed by atoms with van der Waals surface area (Å²) >= 11 is 0. The van der Waals surface area contributed by atoms with Gasteiger partial charge in [0.15, 0.2) is 0 Å². The van der Waals surface area contributed by atoms with Gasteiger partial charge in [-0.25, -0.2) is 0 Å². The van der Waals surface area contributed by atoms with Gasteiger partial charge in [0.25, 0.3) is 5.91 Å². The van der Waals surface area contributed by atoms with Gasteiger partial charge in [0.1, 0.15) is 0 Å². The molecule has 7 heteroatoms. The Morgan fingerprint density at radius 2 is 1.77 bits per heavy atom. The van der Waals surface area contributed by atoms with Crippen molar-refractivity contribution in [2.24, 2.45) is 5.73 Å². The monoisotopic (exact) mass is 328 g/mol. The minimum Gasteiger partial charge on any atom is -0.481 e. The molecule has 0 bridgehead atoms. The summed E-state index contributed by atoms with van der Waals surface area (Å²) in [7, 11) is 0. The smallest absolute Gasteiger partial charge is 0.305 e. The van der Waals surface area contributed by atoms with Crippen molar-refractivity contribution in [3.05, 3.63) is 35.4 Å². The molecule has 2 amide bonds. The second-order valence-electron chi connectivity index (χ2n) is 5.82. The number of nitrogens with two attached hydrogens (primary N) is 1. The summed E-state index contributed by atoms with van der Waals surface area (Å²) in [6, 6.07) is 5.69. The SMILES string of the molecule is CC(C)(C)c1ccccc1C(=O)NC(=O)[C@@H](N)CC(=O)O.Cl. The number of halogens is 1. The van der Waals surface area contributed by atoms with Crippen LogP contribution in [0.4, 0.5) is 0 Å². The van der Waals surface area contributed by atoms with Gasteiger partial charge in [0, 0.05) is 5.56 Å². The van der Waals surface area contributed by atoms with Crippen molar-refractivity contribution in [2.75, 3.05) is 0 Å². The highest BCUT2D eigenvalue weighted by molar-refractivity contribution is 6.07. The van der Waals surface area contributed by atoms with E-state index >= 15 is 0 Å². The molecule has 0 saturated heterocycles. The Morgan fingerprint density at radius 1 is 1.23 bits per heavy atom. The number of hydrogen-bond donors (Lipinski definition) is 3. The molecule has 6 nitrogen and oxygen atoms in total. The number of benzene rings is 1. The lowest BCUT2D eigenvalue weighted by Crippen LogP contribution is -2.44. The molecule has 4 N–H and O–H groups in total. The van der Waals surface area contributed by atoms with E-state index in [-0.39, 0.29) is 17.8 Å². The average Bonchev–Trinajstić information content (AvgIpc) is 2.36. The van der Waals surface area contributed by atoms with Crippen LogP contribution in [0.15, 0.2) is 24.3 Å². The summed E-state index contributed by atoms with van der Waals surface area (Å²) < 4.78 is 0. The van der Waals surface area contributed by atoms with Crippen molar-refractivity contribution in [1.29, 1.82) is 0 Å². The maximum atomic E-state index is 12.2. The highest BCUT2D eigenvalue weighted by atomic mass is 35.5. The van der Waals surface area contributed by atoms with Crippen molar-refractivity contribution in [2.45, 2.75) is 38.6 Å². The molecule has 0 heterocycles. The van der Waals surface area contributed by atoms with E-state index in [1.165, 1.54) is 0 Å². The molecule has 1 aromatic rings. The normalized spacial score (nSPS) is 12.0. The number of amides is 2. The molecule has 1 aromatic carbocycles. The Balaban J connectivity index is 0.00000441. The van der Waals surface area contributed by atoms with Gasteiger partial charge in [-0.2, -0.15) is 0 Å². The minimum atomic E-state index is -1.26. The van der Waals surface area contributed by atoms with Gasteiger partial charge >= 0.3 is 5.97 Å². The van der Waals surface area contributed by atoms with Crippen molar-refractivity contribution < 1.29 is 19.5 Å². The first-order valence-corrected chi connectivity index (χ1v) is 6.55. The molecule has 122 valence electrons. The van der Waals surface area contributed by atoms with E-state index in [0.29, 0.717) is 5.56 Å². The maximum absolute atomic E-state index is 12.2. The van der Waals surface area contributed by atoms with Crippen LogP contribution in [0.2, 0.25) is 0 Å². The highest BCUT2D eigenvalue weighted by Gasteiger charge is 2.24. The molecule has 0 spiro atoms. The molecule has 0 unspecified atom stereocenters. The largest absolute Gasteiger partial charge is 0.481 e. The maximum Gasteiger partial charge on any atom is 0.305 e. The molecule has 0 fully saturated rings. The van der Waals surface area contributed by atoms with Crippen molar-refractivity contribution in [1.82, 2.24) is 5.32 Å². The molecule has 0 aromatic heterocycles. The first-order chi connectivity index (χ1) is 9.62. The zero-order valence-electron chi connectivity index (χ0n) is 12.8. The number of nitrogens with one attached hydrogen (secondary N) is 1.